The van der Waals surface area contributed by atoms with Gasteiger partial charge in [-0.3, -0.25) is 9.69 Å². The molecule has 4 rings (SSSR count). The minimum absolute atomic E-state index is 0. The molecule has 3 unspecified atom stereocenters. The minimum atomic E-state index is -3.60. The van der Waals surface area contributed by atoms with Crippen LogP contribution in [0.1, 0.15) is 62.5 Å². The number of sulfonamides is 1. The van der Waals surface area contributed by atoms with Crippen LogP contribution in [0.15, 0.2) is 95.9 Å². The van der Waals surface area contributed by atoms with Gasteiger partial charge in [-0.15, -0.1) is 12.4 Å². The molecule has 0 amide bonds. The van der Waals surface area contributed by atoms with Gasteiger partial charge >= 0.3 is 5.97 Å². The maximum absolute atomic E-state index is 13.3. The van der Waals surface area contributed by atoms with E-state index in [0.717, 1.165) is 56.4 Å². The summed E-state index contributed by atoms with van der Waals surface area (Å²) in [6, 6.07) is 28.6. The predicted octanol–water partition coefficient (Wildman–Crippen LogP) is 6.46. The van der Waals surface area contributed by atoms with Gasteiger partial charge in [0.1, 0.15) is 6.61 Å². The Morgan fingerprint density at radius 1 is 0.977 bits per heavy atom. The van der Waals surface area contributed by atoms with Gasteiger partial charge in [-0.2, -0.15) is 0 Å². The average Bonchev–Trinajstić information content (AvgIpc) is 3.05. The number of benzene rings is 3. The van der Waals surface area contributed by atoms with Gasteiger partial charge in [0, 0.05) is 26.7 Å². The quantitative estimate of drug-likeness (QED) is 0.143. The summed E-state index contributed by atoms with van der Waals surface area (Å²) in [6.07, 6.45) is 5.75. The fraction of sp³-hybridized carbons (Fsp3) is 0.457. The minimum Gasteiger partial charge on any atom is -0.461 e. The van der Waals surface area contributed by atoms with Crippen molar-refractivity contribution in [1.29, 1.82) is 0 Å². The zero-order chi connectivity index (χ0) is 30.5. The number of likely N-dealkylation sites (N-methyl/N-ethyl adjacent to an activating group) is 1. The molecule has 0 saturated carbocycles. The maximum atomic E-state index is 13.3. The number of nitrogens with one attached hydrogen (secondary N) is 1. The number of rotatable bonds is 16. The molecule has 0 aliphatic carbocycles. The first-order chi connectivity index (χ1) is 20.9. The number of hydrogen-bond acceptors (Lipinski definition) is 6. The van der Waals surface area contributed by atoms with E-state index in [0.29, 0.717) is 24.5 Å². The van der Waals surface area contributed by atoms with Gasteiger partial charge in [0.05, 0.1) is 17.0 Å². The lowest BCUT2D eigenvalue weighted by Gasteiger charge is -2.40. The second-order valence-electron chi connectivity index (χ2n) is 11.5. The molecule has 9 heteroatoms. The predicted molar refractivity (Wildman–Crippen MR) is 179 cm³/mol. The van der Waals surface area contributed by atoms with E-state index in [1.807, 2.05) is 54.6 Å². The fourth-order valence-corrected chi connectivity index (χ4v) is 7.03. The number of likely N-dealkylation sites (tertiary alicyclic amines) is 1. The Morgan fingerprint density at radius 3 is 2.27 bits per heavy atom. The van der Waals surface area contributed by atoms with Gasteiger partial charge in [-0.05, 0) is 61.4 Å². The summed E-state index contributed by atoms with van der Waals surface area (Å²) in [6.45, 7) is 5.38. The third-order valence-corrected chi connectivity index (χ3v) is 10.2. The van der Waals surface area contributed by atoms with Crippen LogP contribution in [0.2, 0.25) is 0 Å². The van der Waals surface area contributed by atoms with Crippen LogP contribution < -0.4 is 5.32 Å². The first-order valence-corrected chi connectivity index (χ1v) is 17.1. The summed E-state index contributed by atoms with van der Waals surface area (Å²) in [5.74, 6) is -0.242. The van der Waals surface area contributed by atoms with Crippen LogP contribution in [0.5, 0.6) is 0 Å². The number of halogens is 1. The molecule has 0 spiro atoms. The molecule has 1 aliphatic rings. The molecule has 44 heavy (non-hydrogen) atoms. The number of ether oxygens (including phenoxy) is 1. The van der Waals surface area contributed by atoms with Crippen molar-refractivity contribution < 1.29 is 17.9 Å². The van der Waals surface area contributed by atoms with Crippen molar-refractivity contribution >= 4 is 28.4 Å². The number of carbonyl (C=O) groups excluding carboxylic acids is 1. The number of esters is 1. The van der Waals surface area contributed by atoms with Crippen LogP contribution >= 0.6 is 12.4 Å². The van der Waals surface area contributed by atoms with Crippen LogP contribution in [-0.4, -0.2) is 63.0 Å². The summed E-state index contributed by atoms with van der Waals surface area (Å²) in [5, 5.41) is 3.73. The van der Waals surface area contributed by atoms with Crippen molar-refractivity contribution in [2.75, 3.05) is 33.2 Å². The van der Waals surface area contributed by atoms with Crippen LogP contribution in [0.25, 0.3) is 0 Å². The highest BCUT2D eigenvalue weighted by Gasteiger charge is 2.33. The molecule has 1 saturated heterocycles. The Morgan fingerprint density at radius 2 is 1.61 bits per heavy atom. The molecular weight excluding hydrogens is 594 g/mol. The molecule has 3 atom stereocenters. The van der Waals surface area contributed by atoms with E-state index < -0.39 is 10.0 Å². The SMILES string of the molecule is CCCCCNC1CC(C(=O)OCc2ccccc2)CCN1CCC(CN(C)S(=O)(=O)c1ccccc1)c1ccccc1.Cl. The van der Waals surface area contributed by atoms with Gasteiger partial charge in [0.15, 0.2) is 0 Å². The van der Waals surface area contributed by atoms with Crippen LogP contribution in [0.3, 0.4) is 0 Å². The Kier molecular flexibility index (Phi) is 14.8. The van der Waals surface area contributed by atoms with Gasteiger partial charge in [0.2, 0.25) is 10.0 Å². The van der Waals surface area contributed by atoms with E-state index in [2.05, 4.69) is 29.3 Å². The molecule has 1 fully saturated rings. The van der Waals surface area contributed by atoms with Crippen LogP contribution in [0.4, 0.5) is 0 Å². The fourth-order valence-electron chi connectivity index (χ4n) is 5.79. The summed E-state index contributed by atoms with van der Waals surface area (Å²) in [4.78, 5) is 15.8. The highest BCUT2D eigenvalue weighted by Crippen LogP contribution is 2.28. The average molecular weight is 642 g/mol. The van der Waals surface area contributed by atoms with E-state index in [1.54, 1.807) is 31.3 Å². The third kappa shape index (κ3) is 10.4. The molecule has 240 valence electrons. The number of unbranched alkanes of at least 4 members (excludes halogenated alkanes) is 2. The van der Waals surface area contributed by atoms with Crippen LogP contribution in [-0.2, 0) is 26.2 Å². The summed E-state index contributed by atoms with van der Waals surface area (Å²) in [7, 11) is -1.93. The summed E-state index contributed by atoms with van der Waals surface area (Å²) in [5.41, 5.74) is 2.12. The zero-order valence-electron chi connectivity index (χ0n) is 26.0. The largest absolute Gasteiger partial charge is 0.461 e. The van der Waals surface area contributed by atoms with Gasteiger partial charge < -0.3 is 10.1 Å². The summed E-state index contributed by atoms with van der Waals surface area (Å²) < 4.78 is 33.9. The topological polar surface area (TPSA) is 79.0 Å². The molecule has 1 N–H and O–H groups in total. The Bertz CT molecular complexity index is 1350. The van der Waals surface area contributed by atoms with Gasteiger partial charge in [0.25, 0.3) is 0 Å². The first kappa shape index (κ1) is 35.7. The van der Waals surface area contributed by atoms with E-state index in [1.165, 1.54) is 10.7 Å². The van der Waals surface area contributed by atoms with Gasteiger partial charge in [-0.1, -0.05) is 98.6 Å². The van der Waals surface area contributed by atoms with Crippen LogP contribution in [0, 0.1) is 5.92 Å². The molecule has 0 aromatic heterocycles. The highest BCUT2D eigenvalue weighted by molar-refractivity contribution is 7.89. The normalized spacial score (nSPS) is 18.0. The lowest BCUT2D eigenvalue weighted by Crippen LogP contribution is -2.52. The standard InChI is InChI=1S/C35H47N3O4S.ClH/c1-3-4-14-23-36-34-26-31(35(39)42-28-29-15-8-5-9-16-29)21-24-38(34)25-22-32(30-17-10-6-11-18-30)27-37(2)43(40,41)33-19-12-7-13-20-33;/h5-13,15-20,31-32,34,36H,3-4,14,21-28H2,1-2H3;1H. The molecule has 7 nitrogen and oxygen atoms in total. The zero-order valence-corrected chi connectivity index (χ0v) is 27.6. The van der Waals surface area contributed by atoms with Crippen molar-refractivity contribution in [2.24, 2.45) is 5.92 Å². The highest BCUT2D eigenvalue weighted by atomic mass is 35.5. The van der Waals surface area contributed by atoms with Crippen molar-refractivity contribution in [2.45, 2.75) is 69.0 Å². The number of hydrogen-bond donors (Lipinski definition) is 1. The molecule has 3 aromatic carbocycles. The Balaban J connectivity index is 0.00000529. The molecule has 0 bridgehead atoms. The lowest BCUT2D eigenvalue weighted by molar-refractivity contribution is -0.152. The number of nitrogens with zero attached hydrogens (tertiary/aromatic N) is 2. The van der Waals surface area contributed by atoms with E-state index in [4.69, 9.17) is 4.74 Å². The molecule has 3 aromatic rings. The molecular formula is C35H48ClN3O4S. The molecule has 0 radical (unpaired) electrons. The Labute approximate surface area is 270 Å². The lowest BCUT2D eigenvalue weighted by atomic mass is 9.92. The van der Waals surface area contributed by atoms with Crippen molar-refractivity contribution in [3.63, 3.8) is 0 Å². The number of carbonyl (C=O) groups is 1. The Hall–Kier alpha value is -2.75. The molecule has 1 heterocycles. The third-order valence-electron chi connectivity index (χ3n) is 8.40. The second-order valence-corrected chi connectivity index (χ2v) is 13.6. The monoisotopic (exact) mass is 641 g/mol. The smallest absolute Gasteiger partial charge is 0.309 e. The maximum Gasteiger partial charge on any atom is 0.309 e. The summed E-state index contributed by atoms with van der Waals surface area (Å²) >= 11 is 0. The van der Waals surface area contributed by atoms with E-state index >= 15 is 0 Å². The number of piperidine rings is 1. The van der Waals surface area contributed by atoms with Crippen molar-refractivity contribution in [3.05, 3.63) is 102 Å². The van der Waals surface area contributed by atoms with Crippen molar-refractivity contribution in [1.82, 2.24) is 14.5 Å². The van der Waals surface area contributed by atoms with Crippen molar-refractivity contribution in [3.8, 4) is 0 Å². The second kappa shape index (κ2) is 18.3. The first-order valence-electron chi connectivity index (χ1n) is 15.6. The molecule has 1 aliphatic heterocycles. The van der Waals surface area contributed by atoms with E-state index in [-0.39, 0.29) is 36.4 Å². The van der Waals surface area contributed by atoms with E-state index in [9.17, 15) is 13.2 Å². The van der Waals surface area contributed by atoms with Gasteiger partial charge in [-0.25, -0.2) is 12.7 Å².